The van der Waals surface area contributed by atoms with E-state index >= 15 is 0 Å². The lowest BCUT2D eigenvalue weighted by molar-refractivity contribution is -0.0271. The quantitative estimate of drug-likeness (QED) is 0.253. The zero-order chi connectivity index (χ0) is 24.4. The van der Waals surface area contributed by atoms with Gasteiger partial charge in [0.05, 0.1) is 12.7 Å². The van der Waals surface area contributed by atoms with Gasteiger partial charge in [0.1, 0.15) is 12.4 Å². The number of hydrogen-bond donors (Lipinski definition) is 0. The molecule has 1 saturated heterocycles. The van der Waals surface area contributed by atoms with Crippen LogP contribution < -0.4 is 4.74 Å². The predicted molar refractivity (Wildman–Crippen MR) is 140 cm³/mol. The Morgan fingerprint density at radius 1 is 0.806 bits per heavy atom. The normalized spacial score (nSPS) is 15.0. The average molecular weight is 486 g/mol. The van der Waals surface area contributed by atoms with Crippen molar-refractivity contribution in [1.29, 1.82) is 0 Å². The topological polar surface area (TPSA) is 64.8 Å². The summed E-state index contributed by atoms with van der Waals surface area (Å²) in [6.45, 7) is 4.08. The summed E-state index contributed by atoms with van der Waals surface area (Å²) in [6, 6.07) is 24.9. The third-order valence-corrected chi connectivity index (χ3v) is 6.82. The van der Waals surface area contributed by atoms with E-state index in [1.807, 2.05) is 12.1 Å². The van der Waals surface area contributed by atoms with Crippen LogP contribution in [0.3, 0.4) is 0 Å². The van der Waals surface area contributed by atoms with Gasteiger partial charge in [-0.2, -0.15) is 4.52 Å². The van der Waals surface area contributed by atoms with Crippen molar-refractivity contribution in [2.45, 2.75) is 50.7 Å². The fourth-order valence-electron chi connectivity index (χ4n) is 4.82. The van der Waals surface area contributed by atoms with E-state index in [0.717, 1.165) is 38.0 Å². The average Bonchev–Trinajstić information content (AvgIpc) is 3.41. The minimum absolute atomic E-state index is 0.0000943. The maximum atomic E-state index is 6.68. The van der Waals surface area contributed by atoms with E-state index < -0.39 is 0 Å². The van der Waals surface area contributed by atoms with Gasteiger partial charge in [-0.3, -0.25) is 0 Å². The van der Waals surface area contributed by atoms with E-state index in [4.69, 9.17) is 9.47 Å². The van der Waals surface area contributed by atoms with E-state index in [2.05, 4.69) is 80.9 Å². The van der Waals surface area contributed by atoms with Crippen LogP contribution in [0.1, 0.15) is 55.8 Å². The number of likely N-dealkylation sites (tertiary alicyclic amines) is 1. The molecule has 7 heteroatoms. The largest absolute Gasteiger partial charge is 0.477 e. The first-order valence-corrected chi connectivity index (χ1v) is 13.1. The fourth-order valence-corrected chi connectivity index (χ4v) is 4.82. The second-order valence-corrected chi connectivity index (χ2v) is 9.45. The highest BCUT2D eigenvalue weighted by Crippen LogP contribution is 2.30. The molecule has 188 valence electrons. The molecule has 0 spiro atoms. The van der Waals surface area contributed by atoms with Gasteiger partial charge in [0.15, 0.2) is 5.65 Å². The van der Waals surface area contributed by atoms with Crippen molar-refractivity contribution in [3.8, 4) is 5.88 Å². The molecule has 36 heavy (non-hydrogen) atoms. The molecule has 1 aliphatic rings. The van der Waals surface area contributed by atoms with Gasteiger partial charge in [0.25, 0.3) is 0 Å². The van der Waals surface area contributed by atoms with Crippen LogP contribution in [0.15, 0.2) is 79.1 Å². The van der Waals surface area contributed by atoms with Gasteiger partial charge in [0.2, 0.25) is 5.88 Å². The molecule has 0 amide bonds. The monoisotopic (exact) mass is 485 g/mol. The van der Waals surface area contributed by atoms with Gasteiger partial charge in [-0.15, -0.1) is 15.3 Å². The van der Waals surface area contributed by atoms with Gasteiger partial charge in [-0.1, -0.05) is 73.5 Å². The van der Waals surface area contributed by atoms with Crippen molar-refractivity contribution in [1.82, 2.24) is 24.7 Å². The number of unbranched alkanes of at least 4 members (excludes halogenated alkanes) is 3. The van der Waals surface area contributed by atoms with Crippen molar-refractivity contribution in [2.24, 2.45) is 0 Å². The molecule has 4 aromatic rings. The Morgan fingerprint density at radius 3 is 2.22 bits per heavy atom. The Bertz CT molecular complexity index is 1140. The summed E-state index contributed by atoms with van der Waals surface area (Å²) in [5.74, 6) is 0.620. The molecule has 0 unspecified atom stereocenters. The summed E-state index contributed by atoms with van der Waals surface area (Å²) in [4.78, 5) is 2.59. The molecule has 0 radical (unpaired) electrons. The van der Waals surface area contributed by atoms with Gasteiger partial charge >= 0.3 is 0 Å². The number of nitrogens with zero attached hydrogens (tertiary/aromatic N) is 5. The Hall–Kier alpha value is -3.29. The third-order valence-electron chi connectivity index (χ3n) is 6.82. The molecule has 1 aliphatic heterocycles. The minimum atomic E-state index is -0.0000943. The lowest BCUT2D eigenvalue weighted by atomic mass is 10.00. The third kappa shape index (κ3) is 6.68. The summed E-state index contributed by atoms with van der Waals surface area (Å²) >= 11 is 0. The van der Waals surface area contributed by atoms with Crippen LogP contribution in [0, 0.1) is 0 Å². The van der Waals surface area contributed by atoms with Crippen LogP contribution in [0.2, 0.25) is 0 Å². The first kappa shape index (κ1) is 24.4. The van der Waals surface area contributed by atoms with Crippen molar-refractivity contribution in [3.05, 3.63) is 90.3 Å². The Labute approximate surface area is 213 Å². The molecular weight excluding hydrogens is 450 g/mol. The zero-order valence-corrected chi connectivity index (χ0v) is 20.8. The van der Waals surface area contributed by atoms with E-state index in [-0.39, 0.29) is 6.10 Å². The first-order chi connectivity index (χ1) is 17.8. The Morgan fingerprint density at radius 2 is 1.50 bits per heavy atom. The molecule has 2 aromatic carbocycles. The predicted octanol–water partition coefficient (Wildman–Crippen LogP) is 5.33. The zero-order valence-electron chi connectivity index (χ0n) is 20.8. The molecule has 0 N–H and O–H groups in total. The van der Waals surface area contributed by atoms with Gasteiger partial charge < -0.3 is 14.4 Å². The second kappa shape index (κ2) is 12.6. The van der Waals surface area contributed by atoms with E-state index in [1.165, 1.54) is 36.9 Å². The molecule has 1 fully saturated rings. The molecule has 3 heterocycles. The summed E-state index contributed by atoms with van der Waals surface area (Å²) in [5, 5.41) is 12.1. The number of hydrogen-bond acceptors (Lipinski definition) is 6. The Balaban J connectivity index is 0.980. The molecule has 0 atom stereocenters. The summed E-state index contributed by atoms with van der Waals surface area (Å²) in [7, 11) is 0. The van der Waals surface area contributed by atoms with Crippen LogP contribution in [-0.4, -0.2) is 57.1 Å². The number of rotatable bonds is 12. The highest BCUT2D eigenvalue weighted by atomic mass is 16.5. The highest BCUT2D eigenvalue weighted by Gasteiger charge is 2.24. The number of ether oxygens (including phenoxy) is 2. The molecule has 0 bridgehead atoms. The second-order valence-electron chi connectivity index (χ2n) is 9.45. The van der Waals surface area contributed by atoms with Crippen molar-refractivity contribution < 1.29 is 9.47 Å². The minimum Gasteiger partial charge on any atom is -0.477 e. The number of fused-ring (bicyclic) bond motifs is 1. The van der Waals surface area contributed by atoms with Crippen LogP contribution in [0.4, 0.5) is 0 Å². The van der Waals surface area contributed by atoms with Crippen LogP contribution in [0.5, 0.6) is 5.88 Å². The number of piperidine rings is 1. The SMILES string of the molecule is c1ccc(C(OC2CCN(CCCCCCOc3ccc4nncn4n3)CC2)c2ccccc2)cc1. The van der Waals surface area contributed by atoms with Crippen molar-refractivity contribution in [2.75, 3.05) is 26.2 Å². The molecule has 7 nitrogen and oxygen atoms in total. The fraction of sp³-hybridized carbons (Fsp3) is 0.414. The molecule has 0 saturated carbocycles. The lowest BCUT2D eigenvalue weighted by Crippen LogP contribution is -2.38. The maximum absolute atomic E-state index is 6.68. The molecule has 0 aliphatic carbocycles. The summed E-state index contributed by atoms with van der Waals surface area (Å²) in [6.07, 6.45) is 8.73. The van der Waals surface area contributed by atoms with E-state index in [1.54, 1.807) is 10.8 Å². The van der Waals surface area contributed by atoms with Crippen LogP contribution in [-0.2, 0) is 4.74 Å². The summed E-state index contributed by atoms with van der Waals surface area (Å²) < 4.78 is 14.1. The van der Waals surface area contributed by atoms with Crippen molar-refractivity contribution in [3.63, 3.8) is 0 Å². The number of aromatic nitrogens is 4. The number of benzene rings is 2. The van der Waals surface area contributed by atoms with Gasteiger partial charge in [-0.05, 0) is 49.4 Å². The molecule has 2 aromatic heterocycles. The highest BCUT2D eigenvalue weighted by molar-refractivity contribution is 5.35. The van der Waals surface area contributed by atoms with E-state index in [0.29, 0.717) is 18.6 Å². The van der Waals surface area contributed by atoms with Gasteiger partial charge in [-0.25, -0.2) is 0 Å². The molecular formula is C29H35N5O2. The van der Waals surface area contributed by atoms with Crippen LogP contribution in [0.25, 0.3) is 5.65 Å². The van der Waals surface area contributed by atoms with Gasteiger partial charge in [0, 0.05) is 19.2 Å². The smallest absolute Gasteiger partial charge is 0.231 e. The standard InChI is InChI=1S/C29H35N5O2/c1(2-10-22-35-28-16-15-27-31-30-23-34(27)32-28)9-19-33-20-17-26(18-21-33)36-29(24-11-5-3-6-12-24)25-13-7-4-8-14-25/h3-8,11-16,23,26,29H,1-2,9-10,17-22H2. The maximum Gasteiger partial charge on any atom is 0.231 e. The van der Waals surface area contributed by atoms with Crippen LogP contribution >= 0.6 is 0 Å². The first-order valence-electron chi connectivity index (χ1n) is 13.1. The summed E-state index contributed by atoms with van der Waals surface area (Å²) in [5.41, 5.74) is 3.18. The lowest BCUT2D eigenvalue weighted by Gasteiger charge is -2.34. The Kier molecular flexibility index (Phi) is 8.55. The van der Waals surface area contributed by atoms with Crippen molar-refractivity contribution >= 4 is 5.65 Å². The molecule has 5 rings (SSSR count). The van der Waals surface area contributed by atoms with E-state index in [9.17, 15) is 0 Å².